The number of oxime groups is 1. The van der Waals surface area contributed by atoms with E-state index in [1.165, 1.54) is 27.2 Å². The van der Waals surface area contributed by atoms with Gasteiger partial charge in [-0.1, -0.05) is 5.16 Å². The van der Waals surface area contributed by atoms with Crippen molar-refractivity contribution < 1.29 is 14.4 Å². The summed E-state index contributed by atoms with van der Waals surface area (Å²) in [6, 6.07) is 1.54. The number of hydrogen-bond donors (Lipinski definition) is 1. The first-order chi connectivity index (χ1) is 6.52. The number of carbonyl (C=O) groups excluding carboxylic acids is 2. The van der Waals surface area contributed by atoms with E-state index in [1.54, 1.807) is 0 Å². The van der Waals surface area contributed by atoms with Crippen molar-refractivity contribution in [3.63, 3.8) is 0 Å². The highest BCUT2D eigenvalue weighted by atomic mass is 16.6. The topological polar surface area (TPSA) is 94.8 Å². The Labute approximate surface area is 80.9 Å². The van der Waals surface area contributed by atoms with Gasteiger partial charge in [0.2, 0.25) is 11.6 Å². The van der Waals surface area contributed by atoms with Gasteiger partial charge < -0.3 is 4.84 Å². The van der Waals surface area contributed by atoms with E-state index in [0.717, 1.165) is 5.01 Å². The minimum atomic E-state index is -0.746. The lowest BCUT2D eigenvalue weighted by molar-refractivity contribution is -0.134. The molecule has 0 aliphatic heterocycles. The molecule has 0 aliphatic rings. The highest BCUT2D eigenvalue weighted by Crippen LogP contribution is 1.86. The highest BCUT2D eigenvalue weighted by Gasteiger charge is 2.17. The maximum absolute atomic E-state index is 11.3. The lowest BCUT2D eigenvalue weighted by Gasteiger charge is -2.15. The van der Waals surface area contributed by atoms with E-state index in [4.69, 9.17) is 5.26 Å². The van der Waals surface area contributed by atoms with E-state index < -0.39 is 17.5 Å². The van der Waals surface area contributed by atoms with Gasteiger partial charge in [-0.05, 0) is 0 Å². The summed E-state index contributed by atoms with van der Waals surface area (Å²) >= 11 is 0. The van der Waals surface area contributed by atoms with Crippen LogP contribution in [0.4, 0.5) is 0 Å². The molecule has 0 saturated heterocycles. The standard InChI is InChI=1S/C7H10N4O3/c1-5(12)9-11(2)7(13)6(4-8)10-14-3/h1-3H3,(H,9,12). The van der Waals surface area contributed by atoms with Crippen molar-refractivity contribution in [2.45, 2.75) is 6.92 Å². The van der Waals surface area contributed by atoms with Crippen LogP contribution in [0.3, 0.4) is 0 Å². The summed E-state index contributed by atoms with van der Waals surface area (Å²) in [5.41, 5.74) is 1.73. The molecule has 0 unspecified atom stereocenters. The van der Waals surface area contributed by atoms with Gasteiger partial charge in [0.1, 0.15) is 13.2 Å². The summed E-state index contributed by atoms with van der Waals surface area (Å²) in [6.07, 6.45) is 0. The zero-order valence-electron chi connectivity index (χ0n) is 8.07. The number of hydrazine groups is 1. The third kappa shape index (κ3) is 3.53. The highest BCUT2D eigenvalue weighted by molar-refractivity contribution is 6.44. The molecule has 0 bridgehead atoms. The number of rotatable bonds is 2. The van der Waals surface area contributed by atoms with Gasteiger partial charge in [0.05, 0.1) is 0 Å². The molecule has 0 rings (SSSR count). The van der Waals surface area contributed by atoms with Crippen LogP contribution >= 0.6 is 0 Å². The van der Waals surface area contributed by atoms with Crippen LogP contribution in [0.1, 0.15) is 6.92 Å². The fourth-order valence-corrected chi connectivity index (χ4v) is 0.644. The normalized spacial score (nSPS) is 10.0. The van der Waals surface area contributed by atoms with Crippen LogP contribution in [-0.4, -0.2) is 36.7 Å². The van der Waals surface area contributed by atoms with Gasteiger partial charge in [-0.2, -0.15) is 5.26 Å². The van der Waals surface area contributed by atoms with Crippen molar-refractivity contribution >= 4 is 17.5 Å². The Morgan fingerprint density at radius 3 is 2.50 bits per heavy atom. The molecule has 0 radical (unpaired) electrons. The number of nitriles is 1. The Hall–Kier alpha value is -2.10. The first-order valence-electron chi connectivity index (χ1n) is 3.59. The van der Waals surface area contributed by atoms with Crippen molar-refractivity contribution in [1.29, 1.82) is 5.26 Å². The van der Waals surface area contributed by atoms with E-state index in [9.17, 15) is 9.59 Å². The number of nitrogens with zero attached hydrogens (tertiary/aromatic N) is 3. The van der Waals surface area contributed by atoms with E-state index in [-0.39, 0.29) is 0 Å². The Morgan fingerprint density at radius 1 is 1.57 bits per heavy atom. The van der Waals surface area contributed by atoms with Crippen molar-refractivity contribution in [3.05, 3.63) is 0 Å². The molecule has 0 heterocycles. The van der Waals surface area contributed by atoms with E-state index in [0.29, 0.717) is 0 Å². The van der Waals surface area contributed by atoms with Crippen LogP contribution in [0.25, 0.3) is 0 Å². The maximum Gasteiger partial charge on any atom is 0.304 e. The molecule has 0 aliphatic carbocycles. The van der Waals surface area contributed by atoms with Gasteiger partial charge in [-0.25, -0.2) is 0 Å². The molecule has 1 N–H and O–H groups in total. The summed E-state index contributed by atoms with van der Waals surface area (Å²) in [4.78, 5) is 26.1. The second kappa shape index (κ2) is 5.53. The maximum atomic E-state index is 11.3. The lowest BCUT2D eigenvalue weighted by atomic mass is 10.4. The second-order valence-corrected chi connectivity index (χ2v) is 2.27. The van der Waals surface area contributed by atoms with Gasteiger partial charge in [0.25, 0.3) is 0 Å². The van der Waals surface area contributed by atoms with Crippen LogP contribution in [0.15, 0.2) is 5.16 Å². The van der Waals surface area contributed by atoms with E-state index in [1.807, 2.05) is 0 Å². The molecule has 0 aromatic carbocycles. The van der Waals surface area contributed by atoms with E-state index >= 15 is 0 Å². The minimum absolute atomic E-state index is 0.421. The van der Waals surface area contributed by atoms with Gasteiger partial charge in [0, 0.05) is 14.0 Å². The molecule has 14 heavy (non-hydrogen) atoms. The summed E-state index contributed by atoms with van der Waals surface area (Å²) in [5, 5.41) is 12.5. The predicted octanol–water partition coefficient (Wildman–Crippen LogP) is -0.978. The SMILES string of the molecule is CON=C(C#N)C(=O)N(C)NC(C)=O. The Morgan fingerprint density at radius 2 is 2.14 bits per heavy atom. The smallest absolute Gasteiger partial charge is 0.304 e. The molecule has 0 atom stereocenters. The Kier molecular flexibility index (Phi) is 4.70. The number of amides is 2. The average Bonchev–Trinajstić information content (AvgIpc) is 2.12. The van der Waals surface area contributed by atoms with Crippen LogP contribution in [-0.2, 0) is 14.4 Å². The predicted molar refractivity (Wildman–Crippen MR) is 46.6 cm³/mol. The quantitative estimate of drug-likeness (QED) is 0.455. The zero-order chi connectivity index (χ0) is 11.1. The molecule has 0 aromatic heterocycles. The fourth-order valence-electron chi connectivity index (χ4n) is 0.644. The van der Waals surface area contributed by atoms with Gasteiger partial charge in [-0.3, -0.25) is 20.0 Å². The van der Waals surface area contributed by atoms with Crippen molar-refractivity contribution in [2.24, 2.45) is 5.16 Å². The Balaban J connectivity index is 4.53. The molecule has 0 fully saturated rings. The molecule has 76 valence electrons. The van der Waals surface area contributed by atoms with Crippen molar-refractivity contribution in [1.82, 2.24) is 10.4 Å². The number of nitrogens with one attached hydrogen (secondary N) is 1. The summed E-state index contributed by atoms with van der Waals surface area (Å²) in [5.74, 6) is -1.17. The minimum Gasteiger partial charge on any atom is -0.398 e. The van der Waals surface area contributed by atoms with Gasteiger partial charge in [-0.15, -0.1) is 0 Å². The third-order valence-corrected chi connectivity index (χ3v) is 1.12. The molecule has 7 nitrogen and oxygen atoms in total. The number of hydrogen-bond acceptors (Lipinski definition) is 5. The largest absolute Gasteiger partial charge is 0.398 e. The zero-order valence-corrected chi connectivity index (χ0v) is 8.07. The van der Waals surface area contributed by atoms with Gasteiger partial charge >= 0.3 is 5.91 Å². The third-order valence-electron chi connectivity index (χ3n) is 1.12. The molecule has 0 spiro atoms. The van der Waals surface area contributed by atoms with Crippen molar-refractivity contribution in [2.75, 3.05) is 14.2 Å². The first-order valence-corrected chi connectivity index (χ1v) is 3.59. The van der Waals surface area contributed by atoms with Crippen LogP contribution < -0.4 is 5.43 Å². The Bertz CT molecular complexity index is 305. The number of carbonyl (C=O) groups is 2. The van der Waals surface area contributed by atoms with E-state index in [2.05, 4.69) is 15.4 Å². The second-order valence-electron chi connectivity index (χ2n) is 2.27. The fraction of sp³-hybridized carbons (Fsp3) is 0.429. The van der Waals surface area contributed by atoms with Crippen LogP contribution in [0.2, 0.25) is 0 Å². The molecule has 0 saturated carbocycles. The summed E-state index contributed by atoms with van der Waals surface area (Å²) in [6.45, 7) is 1.24. The molecular formula is C7H10N4O3. The average molecular weight is 198 g/mol. The molecular weight excluding hydrogens is 188 g/mol. The van der Waals surface area contributed by atoms with Crippen LogP contribution in [0, 0.1) is 11.3 Å². The first kappa shape index (κ1) is 11.9. The summed E-state index contributed by atoms with van der Waals surface area (Å²) in [7, 11) is 2.51. The molecule has 0 aromatic rings. The van der Waals surface area contributed by atoms with Gasteiger partial charge in [0.15, 0.2) is 0 Å². The summed E-state index contributed by atoms with van der Waals surface area (Å²) < 4.78 is 0. The lowest BCUT2D eigenvalue weighted by Crippen LogP contribution is -2.45. The molecule has 7 heteroatoms. The van der Waals surface area contributed by atoms with Crippen molar-refractivity contribution in [3.8, 4) is 6.07 Å². The van der Waals surface area contributed by atoms with Crippen LogP contribution in [0.5, 0.6) is 0 Å². The monoisotopic (exact) mass is 198 g/mol. The molecule has 2 amide bonds.